The Bertz CT molecular complexity index is 1110. The average molecular weight is 511 g/mol. The molecule has 1 saturated heterocycles. The predicted octanol–water partition coefficient (Wildman–Crippen LogP) is 0.366. The average Bonchev–Trinajstić information content (AvgIpc) is 3.49. The number of hydrogen-bond acceptors (Lipinski definition) is 9. The minimum atomic E-state index is -3.92. The van der Waals surface area contributed by atoms with Crippen molar-refractivity contribution in [1.29, 1.82) is 0 Å². The Balaban J connectivity index is 1.92. The van der Waals surface area contributed by atoms with E-state index in [-0.39, 0.29) is 6.42 Å². The maximum absolute atomic E-state index is 13.5. The first-order valence-electron chi connectivity index (χ1n) is 11.0. The van der Waals surface area contributed by atoms with E-state index in [9.17, 15) is 27.6 Å². The van der Waals surface area contributed by atoms with Crippen molar-refractivity contribution in [2.24, 2.45) is 11.8 Å². The summed E-state index contributed by atoms with van der Waals surface area (Å²) in [6.07, 6.45) is -0.832. The van der Waals surface area contributed by atoms with E-state index >= 15 is 0 Å². The first-order valence-corrected chi connectivity index (χ1v) is 12.7. The second kappa shape index (κ2) is 9.48. The molecule has 2 N–H and O–H groups in total. The number of alkyl carbamates (subject to hydrolysis) is 1. The van der Waals surface area contributed by atoms with Gasteiger partial charge in [-0.1, -0.05) is 30.3 Å². The lowest BCUT2D eigenvalue weighted by atomic mass is 9.92. The summed E-state index contributed by atoms with van der Waals surface area (Å²) in [4.78, 5) is 51.0. The molecule has 1 aliphatic heterocycles. The summed E-state index contributed by atoms with van der Waals surface area (Å²) in [6, 6.07) is 7.58. The Labute approximate surface area is 203 Å². The van der Waals surface area contributed by atoms with Crippen molar-refractivity contribution in [2.45, 2.75) is 49.6 Å². The van der Waals surface area contributed by atoms with Gasteiger partial charge in [0.15, 0.2) is 15.4 Å². The van der Waals surface area contributed by atoms with E-state index in [1.165, 1.54) is 0 Å². The van der Waals surface area contributed by atoms with Crippen LogP contribution >= 0.6 is 0 Å². The van der Waals surface area contributed by atoms with Gasteiger partial charge in [-0.25, -0.2) is 18.0 Å². The second-order valence-electron chi connectivity index (χ2n) is 9.69. The van der Waals surface area contributed by atoms with Crippen molar-refractivity contribution in [3.05, 3.63) is 35.9 Å². The number of methoxy groups -OCH3 is 2. The van der Waals surface area contributed by atoms with Crippen LogP contribution in [0.5, 0.6) is 0 Å². The lowest BCUT2D eigenvalue weighted by Gasteiger charge is -2.31. The number of carbonyl (C=O) groups is 4. The normalized spacial score (nSPS) is 27.1. The molecule has 0 radical (unpaired) electrons. The Hall–Kier alpha value is -3.15. The van der Waals surface area contributed by atoms with Crippen LogP contribution in [-0.2, 0) is 44.9 Å². The van der Waals surface area contributed by atoms with Crippen molar-refractivity contribution in [2.75, 3.05) is 20.0 Å². The number of benzene rings is 1. The molecule has 0 spiro atoms. The number of amides is 2. The summed E-state index contributed by atoms with van der Waals surface area (Å²) in [5, 5.41) is 3.85. The van der Waals surface area contributed by atoms with E-state index in [1.807, 2.05) is 0 Å². The van der Waals surface area contributed by atoms with Crippen LogP contribution in [0.2, 0.25) is 0 Å². The molecule has 2 aliphatic rings. The maximum Gasteiger partial charge on any atom is 0.408 e. The Morgan fingerprint density at radius 1 is 1.09 bits per heavy atom. The summed E-state index contributed by atoms with van der Waals surface area (Å²) in [6.45, 7) is 4.98. The van der Waals surface area contributed by atoms with Gasteiger partial charge >= 0.3 is 18.0 Å². The van der Waals surface area contributed by atoms with Crippen LogP contribution in [0.25, 0.3) is 0 Å². The van der Waals surface area contributed by atoms with E-state index in [0.29, 0.717) is 5.56 Å². The Morgan fingerprint density at radius 3 is 2.26 bits per heavy atom. The van der Waals surface area contributed by atoms with E-state index < -0.39 is 73.8 Å². The van der Waals surface area contributed by atoms with Gasteiger partial charge in [0.1, 0.15) is 11.6 Å². The van der Waals surface area contributed by atoms with E-state index in [2.05, 4.69) is 10.6 Å². The van der Waals surface area contributed by atoms with Crippen LogP contribution in [-0.4, -0.2) is 74.8 Å². The molecule has 1 aromatic rings. The van der Waals surface area contributed by atoms with Gasteiger partial charge in [-0.15, -0.1) is 0 Å². The molecule has 0 unspecified atom stereocenters. The van der Waals surface area contributed by atoms with Crippen molar-refractivity contribution in [3.63, 3.8) is 0 Å². The number of carbonyl (C=O) groups excluding carboxylic acids is 4. The predicted molar refractivity (Wildman–Crippen MR) is 123 cm³/mol. The van der Waals surface area contributed by atoms with Crippen molar-refractivity contribution in [1.82, 2.24) is 10.6 Å². The molecule has 2 amide bonds. The van der Waals surface area contributed by atoms with E-state index in [1.54, 1.807) is 51.1 Å². The fourth-order valence-corrected chi connectivity index (χ4v) is 7.30. The number of nitrogens with one attached hydrogen (secondary N) is 2. The number of rotatable bonds is 7. The minimum absolute atomic E-state index is 0.0322. The Morgan fingerprint density at radius 2 is 1.71 bits per heavy atom. The van der Waals surface area contributed by atoms with Gasteiger partial charge in [-0.3, -0.25) is 9.59 Å². The third kappa shape index (κ3) is 5.42. The molecule has 5 atom stereocenters. The molecular formula is C23H30N2O9S. The largest absolute Gasteiger partial charge is 0.469 e. The summed E-state index contributed by atoms with van der Waals surface area (Å²) < 4.78 is 40.4. The molecule has 12 heteroatoms. The highest BCUT2D eigenvalue weighted by Gasteiger charge is 2.79. The van der Waals surface area contributed by atoms with Crippen LogP contribution in [0.15, 0.2) is 30.3 Å². The van der Waals surface area contributed by atoms with Crippen LogP contribution < -0.4 is 10.6 Å². The molecular weight excluding hydrogens is 480 g/mol. The quantitative estimate of drug-likeness (QED) is 0.391. The number of ether oxygens (including phenoxy) is 3. The smallest absolute Gasteiger partial charge is 0.408 e. The van der Waals surface area contributed by atoms with Gasteiger partial charge in [-0.2, -0.15) is 0 Å². The van der Waals surface area contributed by atoms with Crippen LogP contribution in [0.1, 0.15) is 26.3 Å². The molecule has 1 aromatic carbocycles. The summed E-state index contributed by atoms with van der Waals surface area (Å²) in [7, 11) is -1.75. The highest BCUT2D eigenvalue weighted by Crippen LogP contribution is 2.58. The lowest BCUT2D eigenvalue weighted by Crippen LogP contribution is -2.63. The molecule has 0 bridgehead atoms. The number of fused-ring (bicyclic) bond motifs is 1. The lowest BCUT2D eigenvalue weighted by molar-refractivity contribution is -0.152. The van der Waals surface area contributed by atoms with Gasteiger partial charge in [-0.05, 0) is 26.3 Å². The van der Waals surface area contributed by atoms with Gasteiger partial charge < -0.3 is 24.8 Å². The van der Waals surface area contributed by atoms with Crippen molar-refractivity contribution in [3.8, 4) is 0 Å². The van der Waals surface area contributed by atoms with Gasteiger partial charge in [0.25, 0.3) is 0 Å². The maximum atomic E-state index is 13.5. The Kier molecular flexibility index (Phi) is 7.16. The highest BCUT2D eigenvalue weighted by molar-refractivity contribution is 7.92. The van der Waals surface area contributed by atoms with Gasteiger partial charge in [0, 0.05) is 12.3 Å². The number of sulfone groups is 1. The molecule has 35 heavy (non-hydrogen) atoms. The summed E-state index contributed by atoms with van der Waals surface area (Å²) in [5.74, 6) is -5.50. The van der Waals surface area contributed by atoms with Crippen LogP contribution in [0.3, 0.4) is 0 Å². The topological polar surface area (TPSA) is 154 Å². The monoisotopic (exact) mass is 510 g/mol. The molecule has 1 heterocycles. The molecule has 1 saturated carbocycles. The first kappa shape index (κ1) is 26.5. The molecule has 11 nitrogen and oxygen atoms in total. The van der Waals surface area contributed by atoms with Crippen LogP contribution in [0.4, 0.5) is 4.79 Å². The number of esters is 2. The summed E-state index contributed by atoms with van der Waals surface area (Å²) >= 11 is 0. The SMILES string of the molecule is COC(=O)[C@@H]1[C@@H]2[C@H]1S(=O)(=O)C[C@@]2(NC(=O)[C@H](Cc1ccccc1)NC(=O)OC(C)(C)C)C(=O)OC. The van der Waals surface area contributed by atoms with Crippen molar-refractivity contribution < 1.29 is 41.8 Å². The molecule has 2 fully saturated rings. The zero-order valence-corrected chi connectivity index (χ0v) is 21.0. The highest BCUT2D eigenvalue weighted by atomic mass is 32.2. The van der Waals surface area contributed by atoms with E-state index in [0.717, 1.165) is 14.2 Å². The summed E-state index contributed by atoms with van der Waals surface area (Å²) in [5.41, 5.74) is -2.13. The fraction of sp³-hybridized carbons (Fsp3) is 0.565. The fourth-order valence-electron chi connectivity index (χ4n) is 4.61. The van der Waals surface area contributed by atoms with Crippen molar-refractivity contribution >= 4 is 33.8 Å². The molecule has 1 aliphatic carbocycles. The third-order valence-electron chi connectivity index (χ3n) is 6.03. The zero-order chi connectivity index (χ0) is 26.2. The zero-order valence-electron chi connectivity index (χ0n) is 20.2. The minimum Gasteiger partial charge on any atom is -0.469 e. The molecule has 192 valence electrons. The van der Waals surface area contributed by atoms with E-state index in [4.69, 9.17) is 14.2 Å². The molecule has 0 aromatic heterocycles. The standard InChI is InChI=1S/C23H30N2O9S/c1-22(2,3)34-21(29)24-14(11-13-9-7-6-8-10-13)18(26)25-23(20(28)33-5)12-35(30,31)17-15(16(17)23)19(27)32-4/h6-10,14-17H,11-12H2,1-5H3,(H,24,29)(H,25,26)/t14-,15+,16+,17-,23-/m0/s1. The second-order valence-corrected chi connectivity index (χ2v) is 11.8. The first-order chi connectivity index (χ1) is 16.3. The third-order valence-corrected chi connectivity index (χ3v) is 8.30. The van der Waals surface area contributed by atoms with Gasteiger partial charge in [0.2, 0.25) is 5.91 Å². The van der Waals surface area contributed by atoms with Crippen LogP contribution in [0, 0.1) is 11.8 Å². The number of hydrogen-bond donors (Lipinski definition) is 2. The van der Waals surface area contributed by atoms with Gasteiger partial charge in [0.05, 0.1) is 31.1 Å². The molecule has 3 rings (SSSR count).